The van der Waals surface area contributed by atoms with Gasteiger partial charge in [0, 0.05) is 24.8 Å². The minimum absolute atomic E-state index is 0.242. The number of nitrogens with one attached hydrogen (secondary N) is 1. The van der Waals surface area contributed by atoms with E-state index in [0.29, 0.717) is 11.7 Å². The molecule has 100 valence electrons. The second-order valence-electron chi connectivity index (χ2n) is 4.73. The summed E-state index contributed by atoms with van der Waals surface area (Å²) in [6.07, 6.45) is 4.35. The van der Waals surface area contributed by atoms with Crippen LogP contribution in [0, 0.1) is 5.82 Å². The lowest BCUT2D eigenvalue weighted by Gasteiger charge is -2.05. The molecule has 1 N–H and O–H groups in total. The molecule has 1 heterocycles. The summed E-state index contributed by atoms with van der Waals surface area (Å²) >= 11 is 0. The van der Waals surface area contributed by atoms with Crippen LogP contribution in [0.5, 0.6) is 5.75 Å². The molecule has 0 radical (unpaired) electrons. The monoisotopic (exact) mass is 261 g/mol. The van der Waals surface area contributed by atoms with Gasteiger partial charge >= 0.3 is 0 Å². The summed E-state index contributed by atoms with van der Waals surface area (Å²) < 4.78 is 20.2. The highest BCUT2D eigenvalue weighted by molar-refractivity contribution is 5.38. The van der Waals surface area contributed by atoms with E-state index in [4.69, 9.17) is 4.74 Å². The topological polar surface area (TPSA) is 39.1 Å². The highest BCUT2D eigenvalue weighted by Gasteiger charge is 2.20. The van der Waals surface area contributed by atoms with E-state index in [1.54, 1.807) is 16.8 Å². The van der Waals surface area contributed by atoms with Crippen LogP contribution in [0.15, 0.2) is 30.5 Å². The molecule has 4 nitrogen and oxygen atoms in total. The molecule has 1 aliphatic carbocycles. The third kappa shape index (κ3) is 2.76. The largest absolute Gasteiger partial charge is 0.494 e. The van der Waals surface area contributed by atoms with Gasteiger partial charge in [0.2, 0.25) is 0 Å². The van der Waals surface area contributed by atoms with Crippen molar-refractivity contribution in [2.45, 2.75) is 25.4 Å². The maximum absolute atomic E-state index is 13.6. The Bertz CT molecular complexity index is 578. The van der Waals surface area contributed by atoms with Gasteiger partial charge in [-0.2, -0.15) is 5.10 Å². The standard InChI is InChI=1S/C14H16FN3O/c1-19-14-5-4-12(8-13(14)15)18-7-6-11(17-18)9-16-10-2-3-10/h4-8,10,16H,2-3,9H2,1H3. The second kappa shape index (κ2) is 5.01. The number of rotatable bonds is 5. The Morgan fingerprint density at radius 2 is 2.26 bits per heavy atom. The molecule has 0 aliphatic heterocycles. The van der Waals surface area contributed by atoms with Crippen LogP contribution in [0.25, 0.3) is 5.69 Å². The van der Waals surface area contributed by atoms with Crippen molar-refractivity contribution in [3.05, 3.63) is 42.0 Å². The zero-order chi connectivity index (χ0) is 13.2. The van der Waals surface area contributed by atoms with Gasteiger partial charge in [0.1, 0.15) is 0 Å². The average Bonchev–Trinajstić information content (AvgIpc) is 3.13. The van der Waals surface area contributed by atoms with Gasteiger partial charge in [-0.1, -0.05) is 0 Å². The number of nitrogens with zero attached hydrogens (tertiary/aromatic N) is 2. The first-order valence-electron chi connectivity index (χ1n) is 6.38. The molecule has 1 aromatic carbocycles. The maximum atomic E-state index is 13.6. The Morgan fingerprint density at radius 3 is 2.95 bits per heavy atom. The van der Waals surface area contributed by atoms with E-state index in [1.165, 1.54) is 26.0 Å². The van der Waals surface area contributed by atoms with Crippen LogP contribution in [0.1, 0.15) is 18.5 Å². The number of aromatic nitrogens is 2. The molecule has 0 unspecified atom stereocenters. The van der Waals surface area contributed by atoms with Crippen LogP contribution in [0.3, 0.4) is 0 Å². The Kier molecular flexibility index (Phi) is 3.21. The quantitative estimate of drug-likeness (QED) is 0.897. The fourth-order valence-corrected chi connectivity index (χ4v) is 1.93. The fraction of sp³-hybridized carbons (Fsp3) is 0.357. The van der Waals surface area contributed by atoms with Gasteiger partial charge in [-0.25, -0.2) is 9.07 Å². The molecule has 1 aromatic heterocycles. The molecule has 19 heavy (non-hydrogen) atoms. The zero-order valence-corrected chi connectivity index (χ0v) is 10.8. The second-order valence-corrected chi connectivity index (χ2v) is 4.73. The minimum atomic E-state index is -0.381. The first-order valence-corrected chi connectivity index (χ1v) is 6.38. The zero-order valence-electron chi connectivity index (χ0n) is 10.8. The van der Waals surface area contributed by atoms with Crippen molar-refractivity contribution < 1.29 is 9.13 Å². The van der Waals surface area contributed by atoms with Crippen molar-refractivity contribution in [3.63, 3.8) is 0 Å². The fourth-order valence-electron chi connectivity index (χ4n) is 1.93. The van der Waals surface area contributed by atoms with Crippen molar-refractivity contribution >= 4 is 0 Å². The molecule has 0 atom stereocenters. The molecule has 1 aliphatic rings. The van der Waals surface area contributed by atoms with E-state index in [9.17, 15) is 4.39 Å². The van der Waals surface area contributed by atoms with Gasteiger partial charge < -0.3 is 10.1 Å². The lowest BCUT2D eigenvalue weighted by atomic mass is 10.3. The smallest absolute Gasteiger partial charge is 0.167 e. The van der Waals surface area contributed by atoms with Gasteiger partial charge in [-0.05, 0) is 31.0 Å². The third-order valence-corrected chi connectivity index (χ3v) is 3.19. The van der Waals surface area contributed by atoms with Gasteiger partial charge in [0.15, 0.2) is 11.6 Å². The molecule has 1 fully saturated rings. The highest BCUT2D eigenvalue weighted by atomic mass is 19.1. The molecule has 1 saturated carbocycles. The number of hydrogen-bond donors (Lipinski definition) is 1. The molecular formula is C14H16FN3O. The molecule has 0 bridgehead atoms. The van der Waals surface area contributed by atoms with Crippen molar-refractivity contribution in [1.29, 1.82) is 0 Å². The van der Waals surface area contributed by atoms with E-state index < -0.39 is 0 Å². The van der Waals surface area contributed by atoms with E-state index in [2.05, 4.69) is 10.4 Å². The first kappa shape index (κ1) is 12.2. The van der Waals surface area contributed by atoms with Crippen LogP contribution in [0.2, 0.25) is 0 Å². The lowest BCUT2D eigenvalue weighted by Crippen LogP contribution is -2.15. The predicted molar refractivity (Wildman–Crippen MR) is 69.9 cm³/mol. The molecular weight excluding hydrogens is 245 g/mol. The number of methoxy groups -OCH3 is 1. The van der Waals surface area contributed by atoms with Crippen molar-refractivity contribution in [2.75, 3.05) is 7.11 Å². The van der Waals surface area contributed by atoms with E-state index >= 15 is 0 Å². The van der Waals surface area contributed by atoms with E-state index in [-0.39, 0.29) is 11.6 Å². The normalized spacial score (nSPS) is 14.6. The Balaban J connectivity index is 1.75. The minimum Gasteiger partial charge on any atom is -0.494 e. The van der Waals surface area contributed by atoms with Gasteiger partial charge in [0.25, 0.3) is 0 Å². The van der Waals surface area contributed by atoms with Crippen molar-refractivity contribution in [3.8, 4) is 11.4 Å². The first-order chi connectivity index (χ1) is 9.26. The van der Waals surface area contributed by atoms with Crippen LogP contribution < -0.4 is 10.1 Å². The Labute approximate surface area is 111 Å². The molecule has 3 rings (SSSR count). The van der Waals surface area contributed by atoms with Crippen LogP contribution in [0.4, 0.5) is 4.39 Å². The van der Waals surface area contributed by atoms with Crippen LogP contribution >= 0.6 is 0 Å². The molecule has 5 heteroatoms. The molecule has 2 aromatic rings. The van der Waals surface area contributed by atoms with Gasteiger partial charge in [0.05, 0.1) is 18.5 Å². The number of benzene rings is 1. The number of ether oxygens (including phenoxy) is 1. The summed E-state index contributed by atoms with van der Waals surface area (Å²) in [4.78, 5) is 0. The lowest BCUT2D eigenvalue weighted by molar-refractivity contribution is 0.386. The predicted octanol–water partition coefficient (Wildman–Crippen LogP) is 2.27. The Hall–Kier alpha value is -1.88. The van der Waals surface area contributed by atoms with Gasteiger partial charge in [-0.15, -0.1) is 0 Å². The summed E-state index contributed by atoms with van der Waals surface area (Å²) in [5, 5.41) is 7.82. The summed E-state index contributed by atoms with van der Waals surface area (Å²) in [5.74, 6) is -0.139. The van der Waals surface area contributed by atoms with Crippen LogP contribution in [-0.2, 0) is 6.54 Å². The van der Waals surface area contributed by atoms with Crippen molar-refractivity contribution in [1.82, 2.24) is 15.1 Å². The van der Waals surface area contributed by atoms with E-state index in [1.807, 2.05) is 12.3 Å². The number of hydrogen-bond acceptors (Lipinski definition) is 3. The number of halogens is 1. The molecule has 0 saturated heterocycles. The molecule has 0 spiro atoms. The van der Waals surface area contributed by atoms with Crippen LogP contribution in [-0.4, -0.2) is 22.9 Å². The highest BCUT2D eigenvalue weighted by Crippen LogP contribution is 2.21. The van der Waals surface area contributed by atoms with E-state index in [0.717, 1.165) is 12.2 Å². The maximum Gasteiger partial charge on any atom is 0.167 e. The summed E-state index contributed by atoms with van der Waals surface area (Å²) in [6.45, 7) is 0.760. The Morgan fingerprint density at radius 1 is 1.42 bits per heavy atom. The molecule has 0 amide bonds. The average molecular weight is 261 g/mol. The summed E-state index contributed by atoms with van der Waals surface area (Å²) in [5.41, 5.74) is 1.65. The third-order valence-electron chi connectivity index (χ3n) is 3.19. The van der Waals surface area contributed by atoms with Gasteiger partial charge in [-0.3, -0.25) is 0 Å². The summed E-state index contributed by atoms with van der Waals surface area (Å²) in [7, 11) is 1.45. The summed E-state index contributed by atoms with van der Waals surface area (Å²) in [6, 6.07) is 7.41. The SMILES string of the molecule is COc1ccc(-n2ccc(CNC3CC3)n2)cc1F. The van der Waals surface area contributed by atoms with Crippen molar-refractivity contribution in [2.24, 2.45) is 0 Å².